The molecule has 1 aromatic heterocycles. The number of nitrogens with zero attached hydrogens (tertiary/aromatic N) is 3. The average molecular weight is 169 g/mol. The fourth-order valence-electron chi connectivity index (χ4n) is 0.917. The zero-order chi connectivity index (χ0) is 9.14. The van der Waals surface area contributed by atoms with Crippen LogP contribution in [0.4, 0.5) is 5.95 Å². The molecule has 0 fully saturated rings. The second-order valence-electron chi connectivity index (χ2n) is 2.88. The third kappa shape index (κ3) is 1.94. The van der Waals surface area contributed by atoms with Crippen molar-refractivity contribution in [1.29, 1.82) is 0 Å². The molecule has 12 heavy (non-hydrogen) atoms. The van der Waals surface area contributed by atoms with E-state index in [1.807, 2.05) is 6.92 Å². The first-order chi connectivity index (χ1) is 5.63. The summed E-state index contributed by atoms with van der Waals surface area (Å²) in [5.74, 6) is 1.16. The van der Waals surface area contributed by atoms with Gasteiger partial charge in [-0.2, -0.15) is 10.1 Å². The van der Waals surface area contributed by atoms with Crippen molar-refractivity contribution in [2.45, 2.75) is 25.8 Å². The van der Waals surface area contributed by atoms with Crippen LogP contribution in [0.5, 0.6) is 0 Å². The van der Waals surface area contributed by atoms with Gasteiger partial charge in [0.2, 0.25) is 5.95 Å². The van der Waals surface area contributed by atoms with Crippen LogP contribution in [-0.2, 0) is 13.5 Å². The molecule has 68 valence electrons. The van der Waals surface area contributed by atoms with Crippen molar-refractivity contribution in [3.8, 4) is 0 Å². The molecule has 0 aliphatic rings. The van der Waals surface area contributed by atoms with Crippen LogP contribution in [0.1, 0.15) is 19.2 Å². The lowest BCUT2D eigenvalue weighted by Crippen LogP contribution is -2.22. The van der Waals surface area contributed by atoms with Crippen molar-refractivity contribution in [3.05, 3.63) is 5.82 Å². The molecular weight excluding hydrogens is 154 g/mol. The number of nitrogen functional groups attached to an aromatic ring is 1. The number of nitrogens with two attached hydrogens (primary N) is 2. The van der Waals surface area contributed by atoms with Crippen LogP contribution >= 0.6 is 0 Å². The molecular formula is C7H15N5. The van der Waals surface area contributed by atoms with Crippen LogP contribution in [0.3, 0.4) is 0 Å². The Bertz CT molecular complexity index is 235. The van der Waals surface area contributed by atoms with Gasteiger partial charge < -0.3 is 11.5 Å². The van der Waals surface area contributed by atoms with E-state index in [0.29, 0.717) is 12.4 Å². The van der Waals surface area contributed by atoms with Crippen molar-refractivity contribution in [2.24, 2.45) is 12.8 Å². The zero-order valence-electron chi connectivity index (χ0n) is 7.49. The molecule has 1 rings (SSSR count). The second kappa shape index (κ2) is 3.53. The summed E-state index contributed by atoms with van der Waals surface area (Å²) >= 11 is 0. The van der Waals surface area contributed by atoms with E-state index < -0.39 is 0 Å². The lowest BCUT2D eigenvalue weighted by Gasteiger charge is -2.03. The third-order valence-electron chi connectivity index (χ3n) is 1.81. The molecule has 4 N–H and O–H groups in total. The van der Waals surface area contributed by atoms with Crippen molar-refractivity contribution < 1.29 is 0 Å². The van der Waals surface area contributed by atoms with E-state index in [1.54, 1.807) is 11.7 Å². The average Bonchev–Trinajstić information content (AvgIpc) is 2.31. The first-order valence-electron chi connectivity index (χ1n) is 4.04. The molecule has 0 aliphatic heterocycles. The first kappa shape index (κ1) is 8.99. The largest absolute Gasteiger partial charge is 0.368 e. The SMILES string of the molecule is CCC(N)Cc1nc(N)n(C)n1. The second-order valence-corrected chi connectivity index (χ2v) is 2.88. The summed E-state index contributed by atoms with van der Waals surface area (Å²) in [5.41, 5.74) is 11.2. The smallest absolute Gasteiger partial charge is 0.218 e. The minimum absolute atomic E-state index is 0.131. The molecule has 0 aliphatic carbocycles. The van der Waals surface area contributed by atoms with Crippen molar-refractivity contribution in [1.82, 2.24) is 14.8 Å². The highest BCUT2D eigenvalue weighted by Crippen LogP contribution is 2.01. The summed E-state index contributed by atoms with van der Waals surface area (Å²) in [7, 11) is 1.77. The highest BCUT2D eigenvalue weighted by molar-refractivity contribution is 5.15. The Morgan fingerprint density at radius 1 is 1.58 bits per heavy atom. The van der Waals surface area contributed by atoms with Crippen LogP contribution in [0.25, 0.3) is 0 Å². The van der Waals surface area contributed by atoms with Crippen LogP contribution in [-0.4, -0.2) is 20.8 Å². The summed E-state index contributed by atoms with van der Waals surface area (Å²) < 4.78 is 1.55. The van der Waals surface area contributed by atoms with Crippen molar-refractivity contribution >= 4 is 5.95 Å². The van der Waals surface area contributed by atoms with Gasteiger partial charge in [-0.05, 0) is 6.42 Å². The van der Waals surface area contributed by atoms with E-state index in [1.165, 1.54) is 0 Å². The van der Waals surface area contributed by atoms with Crippen LogP contribution in [0.15, 0.2) is 0 Å². The molecule has 1 heterocycles. The predicted molar refractivity (Wildman–Crippen MR) is 47.4 cm³/mol. The maximum absolute atomic E-state index is 5.73. The summed E-state index contributed by atoms with van der Waals surface area (Å²) in [6.45, 7) is 2.04. The minimum Gasteiger partial charge on any atom is -0.368 e. The number of hydrogen-bond acceptors (Lipinski definition) is 4. The van der Waals surface area contributed by atoms with E-state index in [2.05, 4.69) is 10.1 Å². The monoisotopic (exact) mass is 169 g/mol. The molecule has 1 atom stereocenters. The molecule has 5 nitrogen and oxygen atoms in total. The number of aryl methyl sites for hydroxylation is 1. The Morgan fingerprint density at radius 2 is 2.25 bits per heavy atom. The van der Waals surface area contributed by atoms with E-state index >= 15 is 0 Å². The number of anilines is 1. The highest BCUT2D eigenvalue weighted by Gasteiger charge is 2.07. The molecule has 0 bridgehead atoms. The number of aromatic nitrogens is 3. The maximum Gasteiger partial charge on any atom is 0.218 e. The standard InChI is InChI=1S/C7H15N5/c1-3-5(8)4-6-10-7(9)12(2)11-6/h5H,3-4,8H2,1-2H3,(H2,9,10,11). The van der Waals surface area contributed by atoms with Gasteiger partial charge in [0.15, 0.2) is 5.82 Å². The maximum atomic E-state index is 5.73. The fourth-order valence-corrected chi connectivity index (χ4v) is 0.917. The molecule has 0 aromatic carbocycles. The summed E-state index contributed by atoms with van der Waals surface area (Å²) in [5, 5.41) is 4.10. The van der Waals surface area contributed by atoms with Gasteiger partial charge in [-0.1, -0.05) is 6.92 Å². The Morgan fingerprint density at radius 3 is 2.67 bits per heavy atom. The molecule has 0 amide bonds. The van der Waals surface area contributed by atoms with Crippen LogP contribution < -0.4 is 11.5 Å². The predicted octanol–water partition coefficient (Wildman–Crippen LogP) is -0.323. The fraction of sp³-hybridized carbons (Fsp3) is 0.714. The van der Waals surface area contributed by atoms with E-state index in [9.17, 15) is 0 Å². The molecule has 1 aromatic rings. The summed E-state index contributed by atoms with van der Waals surface area (Å²) in [6, 6.07) is 0.131. The Balaban J connectivity index is 2.64. The normalized spacial score (nSPS) is 13.2. The molecule has 0 saturated heterocycles. The molecule has 0 spiro atoms. The number of hydrogen-bond donors (Lipinski definition) is 2. The Kier molecular flexibility index (Phi) is 2.65. The van der Waals surface area contributed by atoms with Gasteiger partial charge in [-0.15, -0.1) is 0 Å². The Hall–Kier alpha value is -1.10. The van der Waals surface area contributed by atoms with E-state index in [0.717, 1.165) is 12.2 Å². The Labute approximate surface area is 71.8 Å². The van der Waals surface area contributed by atoms with Crippen molar-refractivity contribution in [3.63, 3.8) is 0 Å². The first-order valence-corrected chi connectivity index (χ1v) is 4.04. The third-order valence-corrected chi connectivity index (χ3v) is 1.81. The molecule has 0 radical (unpaired) electrons. The zero-order valence-corrected chi connectivity index (χ0v) is 7.49. The van der Waals surface area contributed by atoms with Gasteiger partial charge >= 0.3 is 0 Å². The van der Waals surface area contributed by atoms with Crippen LogP contribution in [0.2, 0.25) is 0 Å². The molecule has 1 unspecified atom stereocenters. The number of rotatable bonds is 3. The van der Waals surface area contributed by atoms with Gasteiger partial charge in [0.1, 0.15) is 0 Å². The van der Waals surface area contributed by atoms with Gasteiger partial charge in [0.05, 0.1) is 0 Å². The summed E-state index contributed by atoms with van der Waals surface area (Å²) in [6.07, 6.45) is 1.62. The lowest BCUT2D eigenvalue weighted by molar-refractivity contribution is 0.618. The van der Waals surface area contributed by atoms with Crippen LogP contribution in [0, 0.1) is 0 Å². The van der Waals surface area contributed by atoms with E-state index in [4.69, 9.17) is 11.5 Å². The highest BCUT2D eigenvalue weighted by atomic mass is 15.4. The summed E-state index contributed by atoms with van der Waals surface area (Å²) in [4.78, 5) is 4.05. The van der Waals surface area contributed by atoms with Gasteiger partial charge in [-0.3, -0.25) is 0 Å². The quantitative estimate of drug-likeness (QED) is 0.649. The van der Waals surface area contributed by atoms with Gasteiger partial charge in [0, 0.05) is 19.5 Å². The van der Waals surface area contributed by atoms with E-state index in [-0.39, 0.29) is 6.04 Å². The minimum atomic E-state index is 0.131. The molecule has 0 saturated carbocycles. The molecule has 5 heteroatoms. The topological polar surface area (TPSA) is 82.7 Å². The van der Waals surface area contributed by atoms with Gasteiger partial charge in [-0.25, -0.2) is 4.68 Å². The van der Waals surface area contributed by atoms with Crippen molar-refractivity contribution in [2.75, 3.05) is 5.73 Å². The van der Waals surface area contributed by atoms with Gasteiger partial charge in [0.25, 0.3) is 0 Å². The lowest BCUT2D eigenvalue weighted by atomic mass is 10.2.